The molecular formula is C3H2NO4S3-. The van der Waals surface area contributed by atoms with E-state index in [2.05, 4.69) is 4.37 Å². The van der Waals surface area contributed by atoms with Gasteiger partial charge in [-0.05, 0) is 17.6 Å². The lowest BCUT2D eigenvalue weighted by atomic mass is 10.8. The van der Waals surface area contributed by atoms with Gasteiger partial charge in [-0.15, -0.1) is 0 Å². The fourth-order valence-corrected chi connectivity index (χ4v) is 2.63. The Hall–Kier alpha value is -0.310. The lowest BCUT2D eigenvalue weighted by Gasteiger charge is -2.01. The lowest BCUT2D eigenvalue weighted by molar-refractivity contribution is 0.540. The molecule has 0 spiro atoms. The molecule has 1 aromatic heterocycles. The fourth-order valence-electron chi connectivity index (χ4n) is 0.400. The summed E-state index contributed by atoms with van der Waals surface area (Å²) in [6.45, 7) is 0. The molecule has 1 rings (SSSR count). The van der Waals surface area contributed by atoms with Crippen LogP contribution in [0, 0.1) is 0 Å². The zero-order valence-corrected chi connectivity index (χ0v) is 7.41. The third-order valence-electron chi connectivity index (χ3n) is 0.849. The standard InChI is InChI=1S/C3H3NO4S3/c5-10(6)11(7,8)3-1-2-9-4-3/h1-2H,(H,5,6)/p-1. The highest BCUT2D eigenvalue weighted by atomic mass is 33.2. The van der Waals surface area contributed by atoms with Crippen LogP contribution in [0.2, 0.25) is 0 Å². The molecule has 0 N–H and O–H groups in total. The number of hydrogen-bond acceptors (Lipinski definition) is 6. The summed E-state index contributed by atoms with van der Waals surface area (Å²) in [6.07, 6.45) is 0. The van der Waals surface area contributed by atoms with Crippen LogP contribution in [0.5, 0.6) is 0 Å². The Balaban J connectivity index is 3.22. The smallest absolute Gasteiger partial charge is 0.263 e. The Morgan fingerprint density at radius 2 is 2.27 bits per heavy atom. The summed E-state index contributed by atoms with van der Waals surface area (Å²) in [6, 6.07) is 1.13. The number of rotatable bonds is 2. The van der Waals surface area contributed by atoms with Crippen molar-refractivity contribution in [3.05, 3.63) is 11.4 Å². The Morgan fingerprint density at radius 3 is 2.64 bits per heavy atom. The number of nitrogens with zero attached hydrogens (tertiary/aromatic N) is 1. The maximum absolute atomic E-state index is 10.7. The summed E-state index contributed by atoms with van der Waals surface area (Å²) in [5, 5.41) is 0.968. The summed E-state index contributed by atoms with van der Waals surface area (Å²) in [5.74, 6) is 0. The van der Waals surface area contributed by atoms with Crippen LogP contribution >= 0.6 is 11.5 Å². The predicted octanol–water partition coefficient (Wildman–Crippen LogP) is -0.289. The molecule has 1 unspecified atom stereocenters. The Bertz CT molecular complexity index is 352. The molecule has 0 bridgehead atoms. The van der Waals surface area contributed by atoms with Gasteiger partial charge in [0.2, 0.25) is 0 Å². The molecule has 5 nitrogen and oxygen atoms in total. The predicted molar refractivity (Wildman–Crippen MR) is 38.2 cm³/mol. The van der Waals surface area contributed by atoms with E-state index in [1.165, 1.54) is 5.38 Å². The molecule has 0 saturated carbocycles. The second-order valence-corrected chi connectivity index (χ2v) is 6.03. The minimum absolute atomic E-state index is 0.421. The van der Waals surface area contributed by atoms with Gasteiger partial charge >= 0.3 is 0 Å². The summed E-state index contributed by atoms with van der Waals surface area (Å²) < 4.78 is 45.0. The average Bonchev–Trinajstić information content (AvgIpc) is 2.37. The van der Waals surface area contributed by atoms with E-state index in [4.69, 9.17) is 0 Å². The van der Waals surface area contributed by atoms with E-state index in [0.717, 1.165) is 17.6 Å². The van der Waals surface area contributed by atoms with Crippen molar-refractivity contribution >= 4 is 30.5 Å². The van der Waals surface area contributed by atoms with Crippen LogP contribution in [0.15, 0.2) is 16.5 Å². The van der Waals surface area contributed by atoms with Gasteiger partial charge < -0.3 is 4.55 Å². The van der Waals surface area contributed by atoms with Crippen LogP contribution < -0.4 is 0 Å². The first-order valence-corrected chi connectivity index (χ1v) is 6.21. The SMILES string of the molecule is O=S([O-])S(=O)(=O)c1ccsn1. The van der Waals surface area contributed by atoms with Gasteiger partial charge in [-0.25, -0.2) is 8.42 Å². The minimum atomic E-state index is -4.22. The molecule has 0 aromatic carbocycles. The Morgan fingerprint density at radius 1 is 1.64 bits per heavy atom. The van der Waals surface area contributed by atoms with Crippen molar-refractivity contribution in [3.8, 4) is 0 Å². The second-order valence-electron chi connectivity index (χ2n) is 1.50. The Labute approximate surface area is 68.8 Å². The first kappa shape index (κ1) is 8.78. The van der Waals surface area contributed by atoms with Gasteiger partial charge in [-0.3, -0.25) is 4.21 Å². The van der Waals surface area contributed by atoms with Gasteiger partial charge in [0.05, 0.1) is 10.1 Å². The van der Waals surface area contributed by atoms with Gasteiger partial charge in [0, 0.05) is 5.38 Å². The summed E-state index contributed by atoms with van der Waals surface area (Å²) in [7, 11) is -7.36. The first-order valence-electron chi connectivity index (χ1n) is 2.30. The molecule has 1 heterocycles. The highest BCUT2D eigenvalue weighted by Crippen LogP contribution is 2.11. The molecule has 62 valence electrons. The molecule has 0 saturated heterocycles. The monoisotopic (exact) mass is 212 g/mol. The molecule has 0 amide bonds. The average molecular weight is 212 g/mol. The van der Waals surface area contributed by atoms with E-state index in [1.807, 2.05) is 0 Å². The molecule has 8 heteroatoms. The number of hydrogen-bond donors (Lipinski definition) is 0. The van der Waals surface area contributed by atoms with E-state index in [9.17, 15) is 17.2 Å². The van der Waals surface area contributed by atoms with E-state index in [0.29, 0.717) is 0 Å². The van der Waals surface area contributed by atoms with E-state index in [-0.39, 0.29) is 0 Å². The van der Waals surface area contributed by atoms with Crippen LogP contribution in [0.3, 0.4) is 0 Å². The topological polar surface area (TPSA) is 87.2 Å². The van der Waals surface area contributed by atoms with Crippen LogP contribution in [-0.2, 0) is 19.0 Å². The highest BCUT2D eigenvalue weighted by molar-refractivity contribution is 8.61. The summed E-state index contributed by atoms with van der Waals surface area (Å²) in [4.78, 5) is 0. The van der Waals surface area contributed by atoms with Crippen molar-refractivity contribution in [2.75, 3.05) is 0 Å². The highest BCUT2D eigenvalue weighted by Gasteiger charge is 2.16. The maximum Gasteiger partial charge on any atom is 0.263 e. The minimum Gasteiger partial charge on any atom is -0.760 e. The van der Waals surface area contributed by atoms with Gasteiger partial charge in [-0.1, -0.05) is 0 Å². The van der Waals surface area contributed by atoms with E-state index in [1.54, 1.807) is 0 Å². The summed E-state index contributed by atoms with van der Waals surface area (Å²) >= 11 is 0.881. The molecule has 0 aliphatic heterocycles. The van der Waals surface area contributed by atoms with Crippen LogP contribution in [-0.4, -0.2) is 21.6 Å². The van der Waals surface area contributed by atoms with Crippen molar-refractivity contribution in [3.63, 3.8) is 0 Å². The van der Waals surface area contributed by atoms with Gasteiger partial charge in [-0.2, -0.15) is 4.37 Å². The molecular weight excluding hydrogens is 210 g/mol. The van der Waals surface area contributed by atoms with Gasteiger partial charge in [0.15, 0.2) is 5.03 Å². The van der Waals surface area contributed by atoms with Crippen LogP contribution in [0.25, 0.3) is 0 Å². The third-order valence-corrected chi connectivity index (χ3v) is 4.21. The molecule has 0 fully saturated rings. The molecule has 0 radical (unpaired) electrons. The zero-order valence-electron chi connectivity index (χ0n) is 4.96. The largest absolute Gasteiger partial charge is 0.760 e. The second kappa shape index (κ2) is 2.97. The first-order chi connectivity index (χ1) is 5.05. The third kappa shape index (κ3) is 1.64. The quantitative estimate of drug-likeness (QED) is 0.496. The lowest BCUT2D eigenvalue weighted by Crippen LogP contribution is -2.07. The molecule has 11 heavy (non-hydrogen) atoms. The fraction of sp³-hybridized carbons (Fsp3) is 0. The normalized spacial score (nSPS) is 14.6. The van der Waals surface area contributed by atoms with E-state index >= 15 is 0 Å². The molecule has 1 aromatic rings. The van der Waals surface area contributed by atoms with E-state index < -0.39 is 24.0 Å². The van der Waals surface area contributed by atoms with Gasteiger partial charge in [0.25, 0.3) is 8.87 Å². The molecule has 0 aliphatic rings. The van der Waals surface area contributed by atoms with Crippen LogP contribution in [0.1, 0.15) is 0 Å². The molecule has 1 atom stereocenters. The van der Waals surface area contributed by atoms with Crippen molar-refractivity contribution in [1.82, 2.24) is 4.37 Å². The van der Waals surface area contributed by atoms with Crippen LogP contribution in [0.4, 0.5) is 0 Å². The number of aromatic nitrogens is 1. The Kier molecular flexibility index (Phi) is 2.37. The van der Waals surface area contributed by atoms with Crippen molar-refractivity contribution in [2.45, 2.75) is 5.03 Å². The van der Waals surface area contributed by atoms with Gasteiger partial charge in [0.1, 0.15) is 0 Å². The zero-order chi connectivity index (χ0) is 8.48. The van der Waals surface area contributed by atoms with Crippen molar-refractivity contribution in [2.24, 2.45) is 0 Å². The van der Waals surface area contributed by atoms with Crippen molar-refractivity contribution in [1.29, 1.82) is 0 Å². The van der Waals surface area contributed by atoms with Crippen molar-refractivity contribution < 1.29 is 17.2 Å². The molecule has 0 aliphatic carbocycles. The summed E-state index contributed by atoms with van der Waals surface area (Å²) in [5.41, 5.74) is 0. The maximum atomic E-state index is 10.7.